The summed E-state index contributed by atoms with van der Waals surface area (Å²) in [6, 6.07) is 7.06. The molecule has 0 radical (unpaired) electrons. The van der Waals surface area contributed by atoms with E-state index in [1.54, 1.807) is 35.1 Å². The van der Waals surface area contributed by atoms with Crippen molar-refractivity contribution < 1.29 is 13.2 Å². The molecule has 1 aromatic heterocycles. The summed E-state index contributed by atoms with van der Waals surface area (Å²) in [5.74, 6) is 1.32. The Kier molecular flexibility index (Phi) is 3.52. The number of rotatable bonds is 4. The number of anilines is 1. The van der Waals surface area contributed by atoms with Crippen molar-refractivity contribution in [3.05, 3.63) is 36.0 Å². The number of hydrogen-bond acceptors (Lipinski definition) is 4. The number of benzene rings is 1. The van der Waals surface area contributed by atoms with Crippen LogP contribution >= 0.6 is 0 Å². The summed E-state index contributed by atoms with van der Waals surface area (Å²) in [6.45, 7) is 0.692. The average molecular weight is 333 g/mol. The standard InChI is InChI=1S/C16H19N3O3S/c20-23(21,14-6-7-15-12(11-14)3-2-10-22-15)18-16-8-9-17-19(16)13-4-1-5-13/h6-9,11,13,18H,1-5,10H2. The predicted octanol–water partition coefficient (Wildman–Crippen LogP) is 2.73. The summed E-state index contributed by atoms with van der Waals surface area (Å²) in [6.07, 6.45) is 6.66. The second-order valence-corrected chi connectivity index (χ2v) is 7.76. The molecule has 1 N–H and O–H groups in total. The molecular formula is C16H19N3O3S. The fourth-order valence-electron chi connectivity index (χ4n) is 3.02. The molecule has 1 saturated carbocycles. The number of ether oxygens (including phenoxy) is 1. The van der Waals surface area contributed by atoms with Gasteiger partial charge in [0.05, 0.1) is 23.7 Å². The second-order valence-electron chi connectivity index (χ2n) is 6.07. The topological polar surface area (TPSA) is 73.2 Å². The van der Waals surface area contributed by atoms with Gasteiger partial charge in [-0.1, -0.05) is 0 Å². The van der Waals surface area contributed by atoms with Gasteiger partial charge in [-0.3, -0.25) is 4.72 Å². The molecule has 0 saturated heterocycles. The van der Waals surface area contributed by atoms with Crippen LogP contribution in [0.15, 0.2) is 35.4 Å². The average Bonchev–Trinajstić information content (AvgIpc) is 2.92. The maximum atomic E-state index is 12.7. The largest absolute Gasteiger partial charge is 0.493 e. The SMILES string of the molecule is O=S(=O)(Nc1ccnn1C1CCC1)c1ccc2c(c1)CCCO2. The lowest BCUT2D eigenvalue weighted by Crippen LogP contribution is -2.23. The van der Waals surface area contributed by atoms with Crippen molar-refractivity contribution in [1.29, 1.82) is 0 Å². The molecule has 6 nitrogen and oxygen atoms in total. The molecule has 1 aliphatic heterocycles. The van der Waals surface area contributed by atoms with Crippen molar-refractivity contribution in [3.63, 3.8) is 0 Å². The highest BCUT2D eigenvalue weighted by Gasteiger charge is 2.25. The summed E-state index contributed by atoms with van der Waals surface area (Å²) >= 11 is 0. The molecule has 4 rings (SSSR count). The number of aryl methyl sites for hydroxylation is 1. The maximum absolute atomic E-state index is 12.7. The first kappa shape index (κ1) is 14.6. The van der Waals surface area contributed by atoms with E-state index in [2.05, 4.69) is 9.82 Å². The minimum atomic E-state index is -3.62. The van der Waals surface area contributed by atoms with Crippen molar-refractivity contribution in [2.75, 3.05) is 11.3 Å². The Balaban J connectivity index is 1.62. The molecule has 1 aliphatic carbocycles. The van der Waals surface area contributed by atoms with Crippen molar-refractivity contribution in [2.24, 2.45) is 0 Å². The van der Waals surface area contributed by atoms with Crippen molar-refractivity contribution >= 4 is 15.8 Å². The van der Waals surface area contributed by atoms with Gasteiger partial charge in [0.1, 0.15) is 11.6 Å². The zero-order chi connectivity index (χ0) is 15.9. The quantitative estimate of drug-likeness (QED) is 0.934. The number of nitrogens with one attached hydrogen (secondary N) is 1. The molecule has 0 spiro atoms. The van der Waals surface area contributed by atoms with E-state index in [-0.39, 0.29) is 4.90 Å². The van der Waals surface area contributed by atoms with E-state index >= 15 is 0 Å². The molecule has 0 bridgehead atoms. The lowest BCUT2D eigenvalue weighted by molar-refractivity contribution is 0.288. The van der Waals surface area contributed by atoms with Gasteiger partial charge >= 0.3 is 0 Å². The van der Waals surface area contributed by atoms with Gasteiger partial charge in [-0.25, -0.2) is 13.1 Å². The lowest BCUT2D eigenvalue weighted by atomic mass is 9.93. The highest BCUT2D eigenvalue weighted by atomic mass is 32.2. The number of nitrogens with zero attached hydrogens (tertiary/aromatic N) is 2. The van der Waals surface area contributed by atoms with Crippen molar-refractivity contribution in [3.8, 4) is 5.75 Å². The van der Waals surface area contributed by atoms with E-state index < -0.39 is 10.0 Å². The first-order valence-corrected chi connectivity index (χ1v) is 9.44. The first-order valence-electron chi connectivity index (χ1n) is 7.95. The third kappa shape index (κ3) is 2.69. The zero-order valence-corrected chi connectivity index (χ0v) is 13.6. The predicted molar refractivity (Wildman–Crippen MR) is 86.2 cm³/mol. The van der Waals surface area contributed by atoms with E-state index in [0.717, 1.165) is 37.0 Å². The number of fused-ring (bicyclic) bond motifs is 1. The van der Waals surface area contributed by atoms with E-state index in [4.69, 9.17) is 4.74 Å². The fraction of sp³-hybridized carbons (Fsp3) is 0.438. The molecular weight excluding hydrogens is 314 g/mol. The van der Waals surface area contributed by atoms with Crippen LogP contribution in [0.2, 0.25) is 0 Å². The van der Waals surface area contributed by atoms with Crippen LogP contribution in [-0.2, 0) is 16.4 Å². The molecule has 122 valence electrons. The van der Waals surface area contributed by atoms with Gasteiger partial charge in [0.15, 0.2) is 0 Å². The van der Waals surface area contributed by atoms with E-state index in [0.29, 0.717) is 18.5 Å². The Hall–Kier alpha value is -2.02. The van der Waals surface area contributed by atoms with Crippen LogP contribution in [0.3, 0.4) is 0 Å². The molecule has 1 aromatic carbocycles. The Bertz CT molecular complexity index is 825. The van der Waals surface area contributed by atoms with E-state index in [1.165, 1.54) is 6.42 Å². The van der Waals surface area contributed by atoms with Gasteiger partial charge in [0, 0.05) is 6.07 Å². The summed E-state index contributed by atoms with van der Waals surface area (Å²) in [7, 11) is -3.62. The van der Waals surface area contributed by atoms with Crippen LogP contribution in [0.25, 0.3) is 0 Å². The second kappa shape index (κ2) is 5.56. The van der Waals surface area contributed by atoms with Gasteiger partial charge in [-0.15, -0.1) is 0 Å². The number of sulfonamides is 1. The minimum Gasteiger partial charge on any atom is -0.493 e. The first-order chi connectivity index (χ1) is 11.1. The molecule has 0 amide bonds. The maximum Gasteiger partial charge on any atom is 0.263 e. The fourth-order valence-corrected chi connectivity index (χ4v) is 4.12. The van der Waals surface area contributed by atoms with Crippen LogP contribution in [0.5, 0.6) is 5.75 Å². The van der Waals surface area contributed by atoms with E-state index in [1.807, 2.05) is 0 Å². The Morgan fingerprint density at radius 2 is 2.09 bits per heavy atom. The normalized spacial score (nSPS) is 17.9. The van der Waals surface area contributed by atoms with Crippen molar-refractivity contribution in [1.82, 2.24) is 9.78 Å². The molecule has 0 unspecified atom stereocenters. The molecule has 7 heteroatoms. The zero-order valence-electron chi connectivity index (χ0n) is 12.7. The molecule has 2 aliphatic rings. The molecule has 23 heavy (non-hydrogen) atoms. The van der Waals surface area contributed by atoms with Gasteiger partial charge in [0.2, 0.25) is 0 Å². The van der Waals surface area contributed by atoms with Crippen molar-refractivity contribution in [2.45, 2.75) is 43.0 Å². The van der Waals surface area contributed by atoms with Crippen LogP contribution in [-0.4, -0.2) is 24.8 Å². The van der Waals surface area contributed by atoms with E-state index in [9.17, 15) is 8.42 Å². The summed E-state index contributed by atoms with van der Waals surface area (Å²) in [5.41, 5.74) is 0.951. The lowest BCUT2D eigenvalue weighted by Gasteiger charge is -2.27. The Morgan fingerprint density at radius 1 is 1.22 bits per heavy atom. The van der Waals surface area contributed by atoms with Gasteiger partial charge in [-0.05, 0) is 55.9 Å². The van der Waals surface area contributed by atoms with Crippen LogP contribution in [0.1, 0.15) is 37.3 Å². The third-order valence-electron chi connectivity index (χ3n) is 4.52. The number of hydrogen-bond donors (Lipinski definition) is 1. The van der Waals surface area contributed by atoms with Gasteiger partial charge < -0.3 is 4.74 Å². The smallest absolute Gasteiger partial charge is 0.263 e. The number of aromatic nitrogens is 2. The molecule has 0 atom stereocenters. The molecule has 2 heterocycles. The van der Waals surface area contributed by atoms with Gasteiger partial charge in [0.25, 0.3) is 10.0 Å². The summed E-state index contributed by atoms with van der Waals surface area (Å²) in [4.78, 5) is 0.267. The van der Waals surface area contributed by atoms with Gasteiger partial charge in [-0.2, -0.15) is 5.10 Å². The Morgan fingerprint density at radius 3 is 2.87 bits per heavy atom. The van der Waals surface area contributed by atoms with Crippen LogP contribution < -0.4 is 9.46 Å². The minimum absolute atomic E-state index is 0.267. The summed E-state index contributed by atoms with van der Waals surface area (Å²) in [5, 5.41) is 4.26. The van der Waals surface area contributed by atoms with Crippen LogP contribution in [0.4, 0.5) is 5.82 Å². The Labute approximate surface area is 135 Å². The molecule has 2 aromatic rings. The highest BCUT2D eigenvalue weighted by molar-refractivity contribution is 7.92. The highest BCUT2D eigenvalue weighted by Crippen LogP contribution is 2.34. The summed E-state index contributed by atoms with van der Waals surface area (Å²) < 4.78 is 35.3. The molecule has 1 fully saturated rings. The third-order valence-corrected chi connectivity index (χ3v) is 5.87. The monoisotopic (exact) mass is 333 g/mol. The van der Waals surface area contributed by atoms with Crippen LogP contribution in [0, 0.1) is 0 Å².